The fourth-order valence-corrected chi connectivity index (χ4v) is 2.97. The number of carbonyl (C=O) groups excluding carboxylic acids is 1. The Kier molecular flexibility index (Phi) is 4.70. The molecule has 0 unspecified atom stereocenters. The van der Waals surface area contributed by atoms with Crippen LogP contribution < -0.4 is 5.32 Å². The summed E-state index contributed by atoms with van der Waals surface area (Å²) in [7, 11) is 0. The zero-order chi connectivity index (χ0) is 18.0. The molecule has 1 N–H and O–H groups in total. The Morgan fingerprint density at radius 2 is 2.04 bits per heavy atom. The van der Waals surface area contributed by atoms with Crippen LogP contribution in [0.4, 0.5) is 10.3 Å². The van der Waals surface area contributed by atoms with Crippen molar-refractivity contribution in [2.75, 3.05) is 18.4 Å². The summed E-state index contributed by atoms with van der Waals surface area (Å²) >= 11 is 0. The van der Waals surface area contributed by atoms with Gasteiger partial charge >= 0.3 is 0 Å². The van der Waals surface area contributed by atoms with E-state index in [2.05, 4.69) is 29.1 Å². The van der Waals surface area contributed by atoms with Crippen molar-refractivity contribution < 1.29 is 9.18 Å². The first-order chi connectivity index (χ1) is 11.8. The number of nitrogens with one attached hydrogen (secondary N) is 1. The first kappa shape index (κ1) is 17.3. The van der Waals surface area contributed by atoms with Gasteiger partial charge in [0.05, 0.1) is 5.69 Å². The van der Waals surface area contributed by atoms with Crippen LogP contribution in [-0.2, 0) is 23.2 Å². The van der Waals surface area contributed by atoms with Gasteiger partial charge in [-0.25, -0.2) is 14.4 Å². The number of anilines is 1. The number of benzene rings is 1. The number of amides is 1. The fourth-order valence-electron chi connectivity index (χ4n) is 2.97. The second-order valence-electron chi connectivity index (χ2n) is 7.10. The number of fused-ring (bicyclic) bond motifs is 1. The minimum Gasteiger partial charge on any atom is -0.353 e. The predicted molar refractivity (Wildman–Crippen MR) is 94.7 cm³/mol. The summed E-state index contributed by atoms with van der Waals surface area (Å²) in [4.78, 5) is 22.3. The number of aromatic nitrogens is 2. The van der Waals surface area contributed by atoms with Crippen molar-refractivity contribution >= 4 is 11.9 Å². The minimum absolute atomic E-state index is 0.0777. The molecule has 1 aromatic carbocycles. The Morgan fingerprint density at radius 3 is 2.72 bits per heavy atom. The molecule has 0 bridgehead atoms. The van der Waals surface area contributed by atoms with Crippen LogP contribution in [0.3, 0.4) is 0 Å². The molecule has 0 saturated carbocycles. The van der Waals surface area contributed by atoms with Crippen LogP contribution in [0.2, 0.25) is 0 Å². The van der Waals surface area contributed by atoms with Gasteiger partial charge in [0.2, 0.25) is 11.9 Å². The fraction of sp³-hybridized carbons (Fsp3) is 0.421. The number of hydrogen-bond acceptors (Lipinski definition) is 4. The Morgan fingerprint density at radius 1 is 1.32 bits per heavy atom. The van der Waals surface area contributed by atoms with E-state index >= 15 is 0 Å². The normalized spacial score (nSPS) is 14.2. The van der Waals surface area contributed by atoms with Crippen LogP contribution in [0.15, 0.2) is 30.5 Å². The van der Waals surface area contributed by atoms with E-state index in [0.29, 0.717) is 25.6 Å². The summed E-state index contributed by atoms with van der Waals surface area (Å²) in [6.45, 7) is 7.68. The quantitative estimate of drug-likeness (QED) is 0.928. The predicted octanol–water partition coefficient (Wildman–Crippen LogP) is 2.91. The molecule has 2 aromatic rings. The molecule has 3 rings (SSSR count). The highest BCUT2D eigenvalue weighted by Crippen LogP contribution is 2.24. The molecule has 6 heteroatoms. The van der Waals surface area contributed by atoms with Gasteiger partial charge in [0.15, 0.2) is 0 Å². The second kappa shape index (κ2) is 6.78. The molecular weight excluding hydrogens is 319 g/mol. The van der Waals surface area contributed by atoms with Crippen LogP contribution in [-0.4, -0.2) is 33.9 Å². The third-order valence-corrected chi connectivity index (χ3v) is 4.69. The van der Waals surface area contributed by atoms with Gasteiger partial charge < -0.3 is 10.2 Å². The van der Waals surface area contributed by atoms with Crippen LogP contribution in [0.25, 0.3) is 0 Å². The maximum Gasteiger partial charge on any atom is 0.222 e. The third-order valence-electron chi connectivity index (χ3n) is 4.69. The van der Waals surface area contributed by atoms with Crippen molar-refractivity contribution in [3.63, 3.8) is 0 Å². The summed E-state index contributed by atoms with van der Waals surface area (Å²) in [6.07, 6.45) is 2.54. The molecule has 5 nitrogen and oxygen atoms in total. The Balaban J connectivity index is 1.68. The van der Waals surface area contributed by atoms with Gasteiger partial charge in [0, 0.05) is 50.2 Å². The van der Waals surface area contributed by atoms with Gasteiger partial charge in [-0.15, -0.1) is 0 Å². The zero-order valence-electron chi connectivity index (χ0n) is 14.8. The van der Waals surface area contributed by atoms with E-state index in [4.69, 9.17) is 0 Å². The average molecular weight is 342 g/mol. The van der Waals surface area contributed by atoms with E-state index < -0.39 is 0 Å². The van der Waals surface area contributed by atoms with E-state index in [0.717, 1.165) is 23.2 Å². The van der Waals surface area contributed by atoms with Crippen LogP contribution in [0.5, 0.6) is 0 Å². The number of rotatable bonds is 4. The first-order valence-corrected chi connectivity index (χ1v) is 8.45. The molecule has 0 radical (unpaired) electrons. The van der Waals surface area contributed by atoms with Gasteiger partial charge in [-0.05, 0) is 17.7 Å². The lowest BCUT2D eigenvalue weighted by atomic mass is 9.84. The van der Waals surface area contributed by atoms with E-state index in [1.165, 1.54) is 12.1 Å². The molecule has 0 atom stereocenters. The van der Waals surface area contributed by atoms with E-state index in [1.54, 1.807) is 30.2 Å². The molecule has 132 valence electrons. The topological polar surface area (TPSA) is 58.1 Å². The average Bonchev–Trinajstić information content (AvgIpc) is 2.59. The number of hydrogen-bond donors (Lipinski definition) is 1. The molecule has 1 aliphatic rings. The smallest absolute Gasteiger partial charge is 0.222 e. The van der Waals surface area contributed by atoms with E-state index in [9.17, 15) is 9.18 Å². The van der Waals surface area contributed by atoms with Gasteiger partial charge in [-0.3, -0.25) is 4.79 Å². The van der Waals surface area contributed by atoms with Crippen LogP contribution in [0.1, 0.15) is 37.6 Å². The summed E-state index contributed by atoms with van der Waals surface area (Å²) in [5.74, 6) is 0.434. The zero-order valence-corrected chi connectivity index (χ0v) is 14.8. The van der Waals surface area contributed by atoms with E-state index in [-0.39, 0.29) is 17.1 Å². The SMILES string of the molecule is CC(=O)N1CCc2nc(NCC(C)(C)c3ccc(F)cc3)ncc2C1. The molecule has 1 aromatic heterocycles. The Hall–Kier alpha value is -2.50. The lowest BCUT2D eigenvalue weighted by molar-refractivity contribution is -0.129. The first-order valence-electron chi connectivity index (χ1n) is 8.45. The lowest BCUT2D eigenvalue weighted by Crippen LogP contribution is -2.35. The maximum absolute atomic E-state index is 13.1. The monoisotopic (exact) mass is 342 g/mol. The van der Waals surface area contributed by atoms with Crippen LogP contribution >= 0.6 is 0 Å². The van der Waals surface area contributed by atoms with Gasteiger partial charge in [0.25, 0.3) is 0 Å². The summed E-state index contributed by atoms with van der Waals surface area (Å²) in [5, 5.41) is 3.29. The number of nitrogens with zero attached hydrogens (tertiary/aromatic N) is 3. The van der Waals surface area contributed by atoms with Gasteiger partial charge in [0.1, 0.15) is 5.82 Å². The maximum atomic E-state index is 13.1. The molecule has 1 aliphatic heterocycles. The van der Waals surface area contributed by atoms with Crippen molar-refractivity contribution in [1.82, 2.24) is 14.9 Å². The largest absolute Gasteiger partial charge is 0.353 e. The highest BCUT2D eigenvalue weighted by Gasteiger charge is 2.23. The standard InChI is InChI=1S/C19H23FN4O/c1-13(25)24-9-8-17-14(11-24)10-21-18(23-17)22-12-19(2,3)15-4-6-16(20)7-5-15/h4-7,10H,8-9,11-12H2,1-3H3,(H,21,22,23). The minimum atomic E-state index is -0.231. The van der Waals surface area contributed by atoms with Crippen LogP contribution in [0, 0.1) is 5.82 Å². The Bertz CT molecular complexity index is 773. The summed E-state index contributed by atoms with van der Waals surface area (Å²) < 4.78 is 13.1. The third kappa shape index (κ3) is 3.95. The highest BCUT2D eigenvalue weighted by molar-refractivity contribution is 5.73. The molecule has 0 fully saturated rings. The highest BCUT2D eigenvalue weighted by atomic mass is 19.1. The van der Waals surface area contributed by atoms with Gasteiger partial charge in [-0.1, -0.05) is 26.0 Å². The number of halogens is 1. The van der Waals surface area contributed by atoms with Crippen molar-refractivity contribution in [2.24, 2.45) is 0 Å². The molecule has 0 spiro atoms. The van der Waals surface area contributed by atoms with E-state index in [1.807, 2.05) is 0 Å². The summed E-state index contributed by atoms with van der Waals surface area (Å²) in [6, 6.07) is 6.57. The molecule has 1 amide bonds. The summed E-state index contributed by atoms with van der Waals surface area (Å²) in [5.41, 5.74) is 2.87. The van der Waals surface area contributed by atoms with Crippen molar-refractivity contribution in [1.29, 1.82) is 0 Å². The second-order valence-corrected chi connectivity index (χ2v) is 7.10. The lowest BCUT2D eigenvalue weighted by Gasteiger charge is -2.28. The Labute approximate surface area is 147 Å². The molecule has 0 saturated heterocycles. The van der Waals surface area contributed by atoms with Gasteiger partial charge in [-0.2, -0.15) is 0 Å². The molecule has 0 aliphatic carbocycles. The van der Waals surface area contributed by atoms with Crippen molar-refractivity contribution in [2.45, 2.75) is 39.2 Å². The molecule has 25 heavy (non-hydrogen) atoms. The number of carbonyl (C=O) groups is 1. The van der Waals surface area contributed by atoms with Crippen molar-refractivity contribution in [3.05, 3.63) is 53.1 Å². The molecular formula is C19H23FN4O. The van der Waals surface area contributed by atoms with Crippen molar-refractivity contribution in [3.8, 4) is 0 Å². The molecule has 2 heterocycles.